The molecule has 15 heavy (non-hydrogen) atoms. The Morgan fingerprint density at radius 3 is 2.87 bits per heavy atom. The Labute approximate surface area is 98.4 Å². The average molecular weight is 244 g/mol. The van der Waals surface area contributed by atoms with E-state index in [2.05, 4.69) is 5.32 Å². The van der Waals surface area contributed by atoms with Gasteiger partial charge in [0.05, 0.1) is 10.3 Å². The molecule has 3 N–H and O–H groups in total. The Morgan fingerprint density at radius 1 is 1.67 bits per heavy atom. The van der Waals surface area contributed by atoms with Gasteiger partial charge in [-0.1, -0.05) is 19.9 Å². The van der Waals surface area contributed by atoms with Crippen molar-refractivity contribution in [2.45, 2.75) is 30.1 Å². The number of carbonyl (C=O) groups is 1. The molecule has 3 nitrogen and oxygen atoms in total. The maximum atomic E-state index is 11.1. The van der Waals surface area contributed by atoms with E-state index in [0.29, 0.717) is 5.75 Å². The van der Waals surface area contributed by atoms with Crippen molar-refractivity contribution in [1.82, 2.24) is 5.32 Å². The zero-order valence-electron chi connectivity index (χ0n) is 8.90. The Hall–Kier alpha value is -0.520. The number of primary amides is 1. The van der Waals surface area contributed by atoms with Crippen molar-refractivity contribution in [3.05, 3.63) is 17.5 Å². The standard InChI is InChI=1S/C10H16N2OS2/c1-7(2)12-8(10(11)13)6-15-9-4-3-5-14-9/h3-5,7-8,12H,6H2,1-2H3,(H2,11,13). The van der Waals surface area contributed by atoms with Crippen LogP contribution in [-0.2, 0) is 4.79 Å². The molecule has 0 radical (unpaired) electrons. The Kier molecular flexibility index (Phi) is 5.14. The molecule has 0 aromatic carbocycles. The Bertz CT molecular complexity index is 298. The van der Waals surface area contributed by atoms with Crippen molar-refractivity contribution >= 4 is 29.0 Å². The summed E-state index contributed by atoms with van der Waals surface area (Å²) in [4.78, 5) is 11.1. The van der Waals surface area contributed by atoms with Crippen molar-refractivity contribution in [3.63, 3.8) is 0 Å². The number of thioether (sulfide) groups is 1. The summed E-state index contributed by atoms with van der Waals surface area (Å²) in [5.41, 5.74) is 5.31. The molecule has 0 aliphatic heterocycles. The van der Waals surface area contributed by atoms with Crippen molar-refractivity contribution in [1.29, 1.82) is 0 Å². The molecule has 0 saturated carbocycles. The molecule has 0 aliphatic carbocycles. The SMILES string of the molecule is CC(C)NC(CSc1cccs1)C(N)=O. The van der Waals surface area contributed by atoms with Gasteiger partial charge in [-0.15, -0.1) is 23.1 Å². The number of carbonyl (C=O) groups excluding carboxylic acids is 1. The third-order valence-corrected chi connectivity index (χ3v) is 3.99. The lowest BCUT2D eigenvalue weighted by Gasteiger charge is -2.17. The summed E-state index contributed by atoms with van der Waals surface area (Å²) in [6.07, 6.45) is 0. The van der Waals surface area contributed by atoms with Crippen LogP contribution in [-0.4, -0.2) is 23.7 Å². The predicted octanol–water partition coefficient (Wildman–Crippen LogP) is 1.69. The molecule has 0 spiro atoms. The molecular formula is C10H16N2OS2. The van der Waals surface area contributed by atoms with Crippen molar-refractivity contribution < 1.29 is 4.79 Å². The van der Waals surface area contributed by atoms with Crippen LogP contribution in [0, 0.1) is 0 Å². The molecule has 1 heterocycles. The van der Waals surface area contributed by atoms with E-state index >= 15 is 0 Å². The van der Waals surface area contributed by atoms with E-state index in [1.54, 1.807) is 23.1 Å². The van der Waals surface area contributed by atoms with Crippen LogP contribution >= 0.6 is 23.1 Å². The highest BCUT2D eigenvalue weighted by Gasteiger charge is 2.16. The molecule has 1 atom stereocenters. The normalized spacial score (nSPS) is 13.0. The minimum absolute atomic E-state index is 0.253. The van der Waals surface area contributed by atoms with Crippen LogP contribution in [0.4, 0.5) is 0 Å². The average Bonchev–Trinajstić information content (AvgIpc) is 2.63. The largest absolute Gasteiger partial charge is 0.368 e. The van der Waals surface area contributed by atoms with Crippen molar-refractivity contribution in [2.75, 3.05) is 5.75 Å². The van der Waals surface area contributed by atoms with E-state index in [9.17, 15) is 4.79 Å². The lowest BCUT2D eigenvalue weighted by atomic mass is 10.3. The minimum Gasteiger partial charge on any atom is -0.368 e. The fourth-order valence-electron chi connectivity index (χ4n) is 1.13. The van der Waals surface area contributed by atoms with Gasteiger partial charge >= 0.3 is 0 Å². The van der Waals surface area contributed by atoms with E-state index < -0.39 is 0 Å². The number of thiophene rings is 1. The zero-order chi connectivity index (χ0) is 11.3. The zero-order valence-corrected chi connectivity index (χ0v) is 10.5. The number of amides is 1. The number of hydrogen-bond donors (Lipinski definition) is 2. The molecule has 0 bridgehead atoms. The van der Waals surface area contributed by atoms with Gasteiger partial charge in [-0.3, -0.25) is 4.79 Å². The van der Waals surface area contributed by atoms with Crippen LogP contribution in [0.2, 0.25) is 0 Å². The van der Waals surface area contributed by atoms with Gasteiger partial charge in [-0.25, -0.2) is 0 Å². The highest BCUT2D eigenvalue weighted by Crippen LogP contribution is 2.23. The first-order valence-corrected chi connectivity index (χ1v) is 6.67. The Balaban J connectivity index is 2.41. The first-order valence-electron chi connectivity index (χ1n) is 4.81. The van der Waals surface area contributed by atoms with E-state index in [1.165, 1.54) is 4.21 Å². The summed E-state index contributed by atoms with van der Waals surface area (Å²) < 4.78 is 1.21. The lowest BCUT2D eigenvalue weighted by molar-refractivity contribution is -0.119. The van der Waals surface area contributed by atoms with E-state index in [4.69, 9.17) is 5.73 Å². The van der Waals surface area contributed by atoms with Crippen LogP contribution in [0.15, 0.2) is 21.7 Å². The summed E-state index contributed by atoms with van der Waals surface area (Å²) in [6.45, 7) is 4.01. The van der Waals surface area contributed by atoms with Gasteiger partial charge in [-0.2, -0.15) is 0 Å². The molecule has 1 aromatic rings. The summed E-state index contributed by atoms with van der Waals surface area (Å²) in [5, 5.41) is 5.18. The van der Waals surface area contributed by atoms with Gasteiger partial charge in [0, 0.05) is 11.8 Å². The first-order chi connectivity index (χ1) is 7.09. The molecule has 0 aliphatic rings. The van der Waals surface area contributed by atoms with Gasteiger partial charge in [-0.05, 0) is 11.4 Å². The molecule has 1 aromatic heterocycles. The fraction of sp³-hybridized carbons (Fsp3) is 0.500. The van der Waals surface area contributed by atoms with Gasteiger partial charge in [0.15, 0.2) is 0 Å². The van der Waals surface area contributed by atoms with E-state index in [1.807, 2.05) is 31.4 Å². The van der Waals surface area contributed by atoms with Crippen LogP contribution in [0.25, 0.3) is 0 Å². The van der Waals surface area contributed by atoms with Gasteiger partial charge in [0.2, 0.25) is 5.91 Å². The maximum absolute atomic E-state index is 11.1. The molecule has 0 fully saturated rings. The number of nitrogens with two attached hydrogens (primary N) is 1. The summed E-state index contributed by atoms with van der Waals surface area (Å²) in [6, 6.07) is 4.06. The third-order valence-electron chi connectivity index (χ3n) is 1.77. The van der Waals surface area contributed by atoms with Crippen molar-refractivity contribution in [3.8, 4) is 0 Å². The molecule has 0 saturated heterocycles. The number of rotatable bonds is 6. The van der Waals surface area contributed by atoms with E-state index in [0.717, 1.165) is 0 Å². The summed E-state index contributed by atoms with van der Waals surface area (Å²) >= 11 is 3.34. The number of hydrogen-bond acceptors (Lipinski definition) is 4. The second-order valence-corrected chi connectivity index (χ2v) is 5.79. The van der Waals surface area contributed by atoms with Gasteiger partial charge < -0.3 is 11.1 Å². The van der Waals surface area contributed by atoms with Gasteiger partial charge in [0.1, 0.15) is 0 Å². The van der Waals surface area contributed by atoms with Crippen LogP contribution in [0.3, 0.4) is 0 Å². The third kappa shape index (κ3) is 4.68. The predicted molar refractivity (Wildman–Crippen MR) is 66.3 cm³/mol. The quantitative estimate of drug-likeness (QED) is 0.749. The molecule has 1 amide bonds. The van der Waals surface area contributed by atoms with Crippen molar-refractivity contribution in [2.24, 2.45) is 5.73 Å². The van der Waals surface area contributed by atoms with Crippen LogP contribution < -0.4 is 11.1 Å². The fourth-order valence-corrected chi connectivity index (χ4v) is 2.98. The minimum atomic E-state index is -0.284. The molecule has 1 rings (SSSR count). The number of nitrogens with one attached hydrogen (secondary N) is 1. The second-order valence-electron chi connectivity index (χ2n) is 3.52. The topological polar surface area (TPSA) is 55.1 Å². The van der Waals surface area contributed by atoms with Crippen LogP contribution in [0.5, 0.6) is 0 Å². The lowest BCUT2D eigenvalue weighted by Crippen LogP contribution is -2.46. The first kappa shape index (κ1) is 12.5. The van der Waals surface area contributed by atoms with Crippen LogP contribution in [0.1, 0.15) is 13.8 Å². The highest BCUT2D eigenvalue weighted by molar-refractivity contribution is 8.01. The second kappa shape index (κ2) is 6.15. The highest BCUT2D eigenvalue weighted by atomic mass is 32.2. The summed E-state index contributed by atoms with van der Waals surface area (Å²) in [7, 11) is 0. The monoisotopic (exact) mass is 244 g/mol. The maximum Gasteiger partial charge on any atom is 0.235 e. The smallest absolute Gasteiger partial charge is 0.235 e. The van der Waals surface area contributed by atoms with E-state index in [-0.39, 0.29) is 18.0 Å². The van der Waals surface area contributed by atoms with Gasteiger partial charge in [0.25, 0.3) is 0 Å². The Morgan fingerprint density at radius 2 is 2.40 bits per heavy atom. The summed E-state index contributed by atoms with van der Waals surface area (Å²) in [5.74, 6) is 0.404. The molecule has 5 heteroatoms. The molecular weight excluding hydrogens is 228 g/mol. The molecule has 1 unspecified atom stereocenters. The molecule has 84 valence electrons.